The highest BCUT2D eigenvalue weighted by molar-refractivity contribution is 7.89. The van der Waals surface area contributed by atoms with Crippen LogP contribution in [0, 0.1) is 13.8 Å². The van der Waals surface area contributed by atoms with Crippen molar-refractivity contribution in [1.29, 1.82) is 0 Å². The minimum absolute atomic E-state index is 0.286. The van der Waals surface area contributed by atoms with Gasteiger partial charge in [0.1, 0.15) is 16.4 Å². The van der Waals surface area contributed by atoms with Gasteiger partial charge in [0.15, 0.2) is 0 Å². The number of aryl methyl sites for hydroxylation is 2. The highest BCUT2D eigenvalue weighted by Crippen LogP contribution is 2.28. The lowest BCUT2D eigenvalue weighted by molar-refractivity contribution is 0.474. The minimum atomic E-state index is -3.48. The fourth-order valence-corrected chi connectivity index (χ4v) is 3.47. The van der Waals surface area contributed by atoms with Gasteiger partial charge >= 0.3 is 0 Å². The van der Waals surface area contributed by atoms with Crippen molar-refractivity contribution in [2.24, 2.45) is 0 Å². The second-order valence-corrected chi connectivity index (χ2v) is 6.96. The van der Waals surface area contributed by atoms with Gasteiger partial charge in [-0.1, -0.05) is 20.8 Å². The van der Waals surface area contributed by atoms with Gasteiger partial charge in [0.2, 0.25) is 10.0 Å². The average molecular weight is 288 g/mol. The van der Waals surface area contributed by atoms with E-state index in [2.05, 4.69) is 5.32 Å². The molecule has 0 aliphatic carbocycles. The van der Waals surface area contributed by atoms with Gasteiger partial charge in [-0.3, -0.25) is 0 Å². The summed E-state index contributed by atoms with van der Waals surface area (Å²) in [7, 11) is -1.90. The molecule has 19 heavy (non-hydrogen) atoms. The van der Waals surface area contributed by atoms with Crippen LogP contribution in [-0.2, 0) is 16.6 Å². The zero-order valence-corrected chi connectivity index (χ0v) is 13.4. The minimum Gasteiger partial charge on any atom is -0.465 e. The molecule has 6 heteroatoms. The van der Waals surface area contributed by atoms with Crippen molar-refractivity contribution in [3.05, 3.63) is 17.1 Å². The molecule has 0 aliphatic heterocycles. The zero-order valence-electron chi connectivity index (χ0n) is 12.6. The van der Waals surface area contributed by atoms with E-state index >= 15 is 0 Å². The lowest BCUT2D eigenvalue weighted by Crippen LogP contribution is -2.29. The largest absolute Gasteiger partial charge is 0.465 e. The molecule has 0 fully saturated rings. The Labute approximate surface area is 116 Å². The van der Waals surface area contributed by atoms with E-state index in [9.17, 15) is 8.42 Å². The summed E-state index contributed by atoms with van der Waals surface area (Å²) in [5, 5.41) is 3.24. The van der Waals surface area contributed by atoms with E-state index in [0.29, 0.717) is 29.5 Å². The first-order valence-corrected chi connectivity index (χ1v) is 7.94. The normalized spacial score (nSPS) is 12.6. The molecule has 1 rings (SSSR count). The number of sulfonamides is 1. The van der Waals surface area contributed by atoms with Gasteiger partial charge in [0.05, 0.1) is 0 Å². The monoisotopic (exact) mass is 288 g/mol. The molecule has 0 saturated carbocycles. The van der Waals surface area contributed by atoms with Crippen molar-refractivity contribution in [3.63, 3.8) is 0 Å². The van der Waals surface area contributed by atoms with Crippen LogP contribution in [0.4, 0.5) is 0 Å². The highest BCUT2D eigenvalue weighted by atomic mass is 32.2. The topological polar surface area (TPSA) is 62.6 Å². The van der Waals surface area contributed by atoms with Crippen molar-refractivity contribution < 1.29 is 12.8 Å². The van der Waals surface area contributed by atoms with Crippen LogP contribution in [-0.4, -0.2) is 32.4 Å². The van der Waals surface area contributed by atoms with E-state index in [1.807, 2.05) is 20.8 Å². The Morgan fingerprint density at radius 2 is 1.84 bits per heavy atom. The Balaban J connectivity index is 3.27. The number of hydrogen-bond acceptors (Lipinski definition) is 4. The molecule has 1 aromatic rings. The predicted octanol–water partition coefficient (Wildman–Crippen LogP) is 2.03. The van der Waals surface area contributed by atoms with E-state index in [4.69, 9.17) is 4.42 Å². The molecule has 0 radical (unpaired) electrons. The lowest BCUT2D eigenvalue weighted by Gasteiger charge is -2.16. The van der Waals surface area contributed by atoms with Crippen molar-refractivity contribution in [3.8, 4) is 0 Å². The molecule has 0 bridgehead atoms. The first-order chi connectivity index (χ1) is 8.71. The maximum atomic E-state index is 12.5. The Morgan fingerprint density at radius 3 is 2.32 bits per heavy atom. The first-order valence-electron chi connectivity index (χ1n) is 6.50. The van der Waals surface area contributed by atoms with Gasteiger partial charge in [-0.15, -0.1) is 0 Å². The summed E-state index contributed by atoms with van der Waals surface area (Å²) in [6.45, 7) is 10.3. The summed E-state index contributed by atoms with van der Waals surface area (Å²) in [6, 6.07) is 0.286. The number of hydrogen-bond donors (Lipinski definition) is 1. The Hall–Kier alpha value is -0.850. The van der Waals surface area contributed by atoms with Crippen LogP contribution in [0.15, 0.2) is 9.31 Å². The van der Waals surface area contributed by atoms with Crippen LogP contribution in [0.2, 0.25) is 0 Å². The number of nitrogens with one attached hydrogen (secondary N) is 1. The van der Waals surface area contributed by atoms with Crippen LogP contribution in [0.3, 0.4) is 0 Å². The smallest absolute Gasteiger partial charge is 0.246 e. The predicted molar refractivity (Wildman–Crippen MR) is 75.6 cm³/mol. The highest BCUT2D eigenvalue weighted by Gasteiger charge is 2.29. The Morgan fingerprint density at radius 1 is 1.26 bits per heavy atom. The third-order valence-corrected chi connectivity index (χ3v) is 5.25. The van der Waals surface area contributed by atoms with E-state index in [1.54, 1.807) is 20.9 Å². The van der Waals surface area contributed by atoms with Crippen LogP contribution in [0.5, 0.6) is 0 Å². The quantitative estimate of drug-likeness (QED) is 0.870. The Bertz CT molecular complexity index is 532. The van der Waals surface area contributed by atoms with Crippen molar-refractivity contribution in [2.75, 3.05) is 13.6 Å². The SMILES string of the molecule is CCN(C)S(=O)(=O)c1c(C)oc(C)c1CNC(C)C. The summed E-state index contributed by atoms with van der Waals surface area (Å²) in [5.41, 5.74) is 0.728. The molecule has 110 valence electrons. The second kappa shape index (κ2) is 6.07. The molecule has 1 aromatic heterocycles. The number of nitrogens with zero attached hydrogens (tertiary/aromatic N) is 1. The second-order valence-electron chi connectivity index (χ2n) is 4.98. The fraction of sp³-hybridized carbons (Fsp3) is 0.692. The van der Waals surface area contributed by atoms with Crippen LogP contribution < -0.4 is 5.32 Å². The van der Waals surface area contributed by atoms with Crippen LogP contribution >= 0.6 is 0 Å². The number of furan rings is 1. The fourth-order valence-electron chi connectivity index (χ4n) is 1.88. The summed E-state index contributed by atoms with van der Waals surface area (Å²) in [5.74, 6) is 1.12. The number of rotatable bonds is 6. The molecule has 0 amide bonds. The molecule has 0 atom stereocenters. The lowest BCUT2D eigenvalue weighted by atomic mass is 10.2. The van der Waals surface area contributed by atoms with Crippen LogP contribution in [0.25, 0.3) is 0 Å². The van der Waals surface area contributed by atoms with E-state index < -0.39 is 10.0 Å². The van der Waals surface area contributed by atoms with Gasteiger partial charge in [0, 0.05) is 31.7 Å². The first kappa shape index (κ1) is 16.2. The molecule has 0 unspecified atom stereocenters. The van der Waals surface area contributed by atoms with Gasteiger partial charge in [-0.2, -0.15) is 0 Å². The van der Waals surface area contributed by atoms with E-state index in [1.165, 1.54) is 4.31 Å². The summed E-state index contributed by atoms with van der Waals surface area (Å²) in [6.07, 6.45) is 0. The third-order valence-electron chi connectivity index (χ3n) is 3.13. The summed E-state index contributed by atoms with van der Waals surface area (Å²) < 4.78 is 31.9. The molecule has 0 aliphatic rings. The van der Waals surface area contributed by atoms with Gasteiger partial charge in [0.25, 0.3) is 0 Å². The standard InChI is InChI=1S/C13H24N2O3S/c1-7-15(6)19(16,17)13-11(5)18-10(4)12(13)8-14-9(2)3/h9,14H,7-8H2,1-6H3. The molecule has 0 spiro atoms. The van der Waals surface area contributed by atoms with Crippen molar-refractivity contribution in [2.45, 2.75) is 52.1 Å². The molecule has 5 nitrogen and oxygen atoms in total. The van der Waals surface area contributed by atoms with E-state index in [-0.39, 0.29) is 6.04 Å². The molecule has 0 saturated heterocycles. The molecule has 1 N–H and O–H groups in total. The molecule has 0 aromatic carbocycles. The Kier molecular flexibility index (Phi) is 5.18. The molecular weight excluding hydrogens is 264 g/mol. The summed E-state index contributed by atoms with van der Waals surface area (Å²) >= 11 is 0. The third kappa shape index (κ3) is 3.38. The van der Waals surface area contributed by atoms with Crippen molar-refractivity contribution in [1.82, 2.24) is 9.62 Å². The van der Waals surface area contributed by atoms with Crippen LogP contribution in [0.1, 0.15) is 37.9 Å². The zero-order chi connectivity index (χ0) is 14.8. The molecular formula is C13H24N2O3S. The maximum Gasteiger partial charge on any atom is 0.246 e. The summed E-state index contributed by atoms with van der Waals surface area (Å²) in [4.78, 5) is 0.308. The van der Waals surface area contributed by atoms with Crippen molar-refractivity contribution >= 4 is 10.0 Å². The van der Waals surface area contributed by atoms with E-state index in [0.717, 1.165) is 5.56 Å². The average Bonchev–Trinajstić information content (AvgIpc) is 2.60. The van der Waals surface area contributed by atoms with Gasteiger partial charge in [-0.25, -0.2) is 12.7 Å². The molecule has 1 heterocycles. The maximum absolute atomic E-state index is 12.5. The van der Waals surface area contributed by atoms with Gasteiger partial charge in [-0.05, 0) is 13.8 Å². The van der Waals surface area contributed by atoms with Gasteiger partial charge < -0.3 is 9.73 Å².